The van der Waals surface area contributed by atoms with Crippen LogP contribution < -0.4 is 5.32 Å². The Labute approximate surface area is 296 Å². The summed E-state index contributed by atoms with van der Waals surface area (Å²) in [6, 6.07) is 0. The van der Waals surface area contributed by atoms with Gasteiger partial charge >= 0.3 is 0 Å². The van der Waals surface area contributed by atoms with Crippen molar-refractivity contribution in [3.8, 4) is 0 Å². The molecule has 1 N–H and O–H groups in total. The summed E-state index contributed by atoms with van der Waals surface area (Å²) in [4.78, 5) is 0. The molecule has 1 fully saturated rings. The van der Waals surface area contributed by atoms with E-state index in [1.165, 1.54) is 205 Å². The monoisotopic (exact) mass is 660 g/mol. The van der Waals surface area contributed by atoms with Gasteiger partial charge in [0.2, 0.25) is 0 Å². The molecule has 0 aromatic heterocycles. The van der Waals surface area contributed by atoms with E-state index in [0.29, 0.717) is 0 Å². The van der Waals surface area contributed by atoms with Crippen LogP contribution in [0.4, 0.5) is 0 Å². The number of unbranched alkanes of at least 4 members (excludes halogenated alkanes) is 28. The lowest BCUT2D eigenvalue weighted by atomic mass is 10.1. The number of hydrogen-bond donors (Lipinski definition) is 1. The van der Waals surface area contributed by atoms with E-state index in [2.05, 4.69) is 43.5 Å². The molecule has 1 unspecified atom stereocenters. The Morgan fingerprint density at radius 1 is 0.362 bits per heavy atom. The number of rotatable bonds is 38. The Morgan fingerprint density at radius 3 is 0.915 bits per heavy atom. The van der Waals surface area contributed by atoms with E-state index in [4.69, 9.17) is 9.47 Å². The van der Waals surface area contributed by atoms with Gasteiger partial charge in [0.15, 0.2) is 0 Å². The lowest BCUT2D eigenvalue weighted by molar-refractivity contribution is -0.0481. The first-order valence-corrected chi connectivity index (χ1v) is 21.6. The zero-order valence-electron chi connectivity index (χ0n) is 32.2. The Hall–Kier alpha value is -0.640. The lowest BCUT2D eigenvalue weighted by Gasteiger charge is -2.20. The smallest absolute Gasteiger partial charge is 0.0973 e. The van der Waals surface area contributed by atoms with E-state index in [-0.39, 0.29) is 12.2 Å². The van der Waals surface area contributed by atoms with Crippen molar-refractivity contribution in [3.05, 3.63) is 24.3 Å². The van der Waals surface area contributed by atoms with Crippen molar-refractivity contribution in [2.45, 2.75) is 232 Å². The van der Waals surface area contributed by atoms with Gasteiger partial charge in [-0.25, -0.2) is 0 Å². The van der Waals surface area contributed by atoms with Crippen LogP contribution >= 0.6 is 0 Å². The van der Waals surface area contributed by atoms with Gasteiger partial charge in [0.1, 0.15) is 0 Å². The second kappa shape index (κ2) is 38.2. The summed E-state index contributed by atoms with van der Waals surface area (Å²) in [6.45, 7) is 8.28. The third-order valence-electron chi connectivity index (χ3n) is 10.1. The Balaban J connectivity index is 1.79. The van der Waals surface area contributed by atoms with Crippen molar-refractivity contribution in [1.29, 1.82) is 0 Å². The Morgan fingerprint density at radius 2 is 0.617 bits per heavy atom. The predicted octanol–water partition coefficient (Wildman–Crippen LogP) is 14.0. The second-order valence-corrected chi connectivity index (χ2v) is 14.8. The molecule has 1 saturated heterocycles. The van der Waals surface area contributed by atoms with E-state index in [1.54, 1.807) is 0 Å². The van der Waals surface area contributed by atoms with Gasteiger partial charge in [-0.15, -0.1) is 0 Å². The molecule has 1 heterocycles. The van der Waals surface area contributed by atoms with Crippen molar-refractivity contribution < 1.29 is 9.47 Å². The van der Waals surface area contributed by atoms with Gasteiger partial charge in [-0.1, -0.05) is 179 Å². The third-order valence-corrected chi connectivity index (χ3v) is 10.1. The highest BCUT2D eigenvalue weighted by atomic mass is 16.5. The molecule has 278 valence electrons. The molecule has 0 bridgehead atoms. The molecular weight excluding hydrogens is 574 g/mol. The minimum Gasteiger partial charge on any atom is -0.374 e. The molecule has 2 atom stereocenters. The van der Waals surface area contributed by atoms with Gasteiger partial charge in [0.25, 0.3) is 0 Å². The predicted molar refractivity (Wildman–Crippen MR) is 210 cm³/mol. The summed E-state index contributed by atoms with van der Waals surface area (Å²) in [7, 11) is 0. The van der Waals surface area contributed by atoms with Crippen LogP contribution in [0.2, 0.25) is 0 Å². The maximum atomic E-state index is 6.24. The Bertz CT molecular complexity index is 593. The molecule has 0 spiro atoms. The van der Waals surface area contributed by atoms with Crippen LogP contribution in [-0.2, 0) is 9.47 Å². The van der Waals surface area contributed by atoms with Gasteiger partial charge in [-0.3, -0.25) is 0 Å². The summed E-state index contributed by atoms with van der Waals surface area (Å²) in [5, 5.41) is 3.49. The lowest BCUT2D eigenvalue weighted by Crippen LogP contribution is -2.30. The molecule has 0 aromatic rings. The summed E-state index contributed by atoms with van der Waals surface area (Å²) >= 11 is 0. The second-order valence-electron chi connectivity index (χ2n) is 14.8. The van der Waals surface area contributed by atoms with Crippen molar-refractivity contribution in [2.75, 3.05) is 26.3 Å². The summed E-state index contributed by atoms with van der Waals surface area (Å²) in [5.41, 5.74) is 0. The van der Waals surface area contributed by atoms with Gasteiger partial charge in [0.05, 0.1) is 12.2 Å². The number of hydrogen-bond acceptors (Lipinski definition) is 3. The minimum atomic E-state index is 0.250. The topological polar surface area (TPSA) is 30.5 Å². The van der Waals surface area contributed by atoms with Crippen LogP contribution in [0.25, 0.3) is 0 Å². The molecule has 3 heteroatoms. The minimum absolute atomic E-state index is 0.250. The van der Waals surface area contributed by atoms with Crippen molar-refractivity contribution in [2.24, 2.45) is 0 Å². The molecule has 0 aliphatic carbocycles. The first kappa shape index (κ1) is 44.4. The quantitative estimate of drug-likeness (QED) is 0.0528. The molecule has 1 aliphatic heterocycles. The standard InChI is InChI=1S/C44H85NO2/c1-3-5-7-9-11-13-15-17-19-21-23-25-27-29-31-33-35-37-39-46-43-41-45-42-44(43)47-40-38-36-34-32-30-28-26-24-22-20-18-16-14-12-10-8-6-4-2/h17-20,43-45H,3-16,21-42H2,1-2H3/t43-,44?/m1/s1. The Kier molecular flexibility index (Phi) is 36.0. The molecule has 1 rings (SSSR count). The summed E-state index contributed by atoms with van der Waals surface area (Å²) < 4.78 is 12.5. The average Bonchev–Trinajstić information content (AvgIpc) is 3.53. The van der Waals surface area contributed by atoms with Crippen molar-refractivity contribution in [1.82, 2.24) is 5.32 Å². The fraction of sp³-hybridized carbons (Fsp3) is 0.909. The molecule has 0 saturated carbocycles. The van der Waals surface area contributed by atoms with E-state index in [0.717, 1.165) is 26.3 Å². The molecular formula is C44H85NO2. The van der Waals surface area contributed by atoms with E-state index in [9.17, 15) is 0 Å². The normalized spacial score (nSPS) is 16.8. The molecule has 47 heavy (non-hydrogen) atoms. The van der Waals surface area contributed by atoms with Crippen LogP contribution in [0, 0.1) is 0 Å². The first-order valence-electron chi connectivity index (χ1n) is 21.6. The van der Waals surface area contributed by atoms with Crippen LogP contribution in [0.15, 0.2) is 24.3 Å². The zero-order chi connectivity index (χ0) is 33.6. The summed E-state index contributed by atoms with van der Waals surface area (Å²) in [6.07, 6.45) is 53.9. The first-order chi connectivity index (χ1) is 23.4. The van der Waals surface area contributed by atoms with E-state index >= 15 is 0 Å². The maximum Gasteiger partial charge on any atom is 0.0973 e. The molecule has 1 aliphatic rings. The largest absolute Gasteiger partial charge is 0.374 e. The van der Waals surface area contributed by atoms with Crippen LogP contribution in [0.3, 0.4) is 0 Å². The fourth-order valence-electron chi connectivity index (χ4n) is 6.84. The number of allylic oxidation sites excluding steroid dienone is 4. The van der Waals surface area contributed by atoms with Crippen molar-refractivity contribution >= 4 is 0 Å². The number of ether oxygens (including phenoxy) is 2. The van der Waals surface area contributed by atoms with Crippen molar-refractivity contribution in [3.63, 3.8) is 0 Å². The highest BCUT2D eigenvalue weighted by molar-refractivity contribution is 4.83. The number of nitrogens with one attached hydrogen (secondary N) is 1. The fourth-order valence-corrected chi connectivity index (χ4v) is 6.84. The van der Waals surface area contributed by atoms with Gasteiger partial charge < -0.3 is 14.8 Å². The highest BCUT2D eigenvalue weighted by Crippen LogP contribution is 2.15. The molecule has 0 radical (unpaired) electrons. The highest BCUT2D eigenvalue weighted by Gasteiger charge is 2.28. The van der Waals surface area contributed by atoms with E-state index < -0.39 is 0 Å². The molecule has 0 amide bonds. The summed E-state index contributed by atoms with van der Waals surface area (Å²) in [5.74, 6) is 0. The van der Waals surface area contributed by atoms with Crippen LogP contribution in [0.1, 0.15) is 219 Å². The molecule has 0 aromatic carbocycles. The average molecular weight is 660 g/mol. The third kappa shape index (κ3) is 32.3. The van der Waals surface area contributed by atoms with Gasteiger partial charge in [0, 0.05) is 26.3 Å². The molecule has 3 nitrogen and oxygen atoms in total. The van der Waals surface area contributed by atoms with E-state index in [1.807, 2.05) is 0 Å². The van der Waals surface area contributed by atoms with Crippen LogP contribution in [0.5, 0.6) is 0 Å². The SMILES string of the molecule is CCCCCCCCC=CCCCCCCCCCCOC1CNC[C@H]1OCCCCCCCCCCC=CCCCCCCCC. The van der Waals surface area contributed by atoms with Gasteiger partial charge in [-0.05, 0) is 64.2 Å². The van der Waals surface area contributed by atoms with Gasteiger partial charge in [-0.2, -0.15) is 0 Å². The maximum absolute atomic E-state index is 6.24. The van der Waals surface area contributed by atoms with Crippen LogP contribution in [-0.4, -0.2) is 38.5 Å². The zero-order valence-corrected chi connectivity index (χ0v) is 32.2.